The molecule has 2 N–H and O–H groups in total. The molecular formula is H8NP5S. The average molecular weight is 209 g/mol. The molecule has 0 aromatic rings. The predicted octanol–water partition coefficient (Wildman–Crippen LogP) is 2.76. The first-order valence-corrected chi connectivity index (χ1v) is 11.1. The first-order valence-electron chi connectivity index (χ1n) is 1.39. The fourth-order valence-electron chi connectivity index (χ4n) is 0.0544. The molecule has 0 heterocycles. The molecule has 1 nitrogen and oxygen atoms in total. The lowest BCUT2D eigenvalue weighted by Gasteiger charge is -2.09. The maximum Gasteiger partial charge on any atom is 0.0209 e. The van der Waals surface area contributed by atoms with E-state index >= 15 is 0 Å². The Hall–Kier alpha value is 2.46. The Kier molecular flexibility index (Phi) is 7.11. The Morgan fingerprint density at radius 2 is 1.71 bits per heavy atom. The van der Waals surface area contributed by atoms with Gasteiger partial charge in [0.1, 0.15) is 0 Å². The van der Waals surface area contributed by atoms with Crippen LogP contribution < -0.4 is 5.14 Å². The van der Waals surface area contributed by atoms with Gasteiger partial charge in [-0.1, -0.05) is 8.93 Å². The summed E-state index contributed by atoms with van der Waals surface area (Å²) in [6.07, 6.45) is 0. The molecule has 0 aromatic heterocycles. The second-order valence-electron chi connectivity index (χ2n) is 0.788. The van der Waals surface area contributed by atoms with Gasteiger partial charge in [-0.2, -0.15) is 0 Å². The molecule has 0 bridgehead atoms. The highest BCUT2D eigenvalue weighted by Crippen LogP contribution is 2.87. The molecule has 0 aliphatic rings. The van der Waals surface area contributed by atoms with Gasteiger partial charge < -0.3 is 0 Å². The van der Waals surface area contributed by atoms with Crippen LogP contribution >= 0.6 is 51.8 Å². The third kappa shape index (κ3) is 4.93. The summed E-state index contributed by atoms with van der Waals surface area (Å²) >= 11 is 1.45. The zero-order valence-corrected chi connectivity index (χ0v) is 9.68. The van der Waals surface area contributed by atoms with Crippen molar-refractivity contribution in [2.24, 2.45) is 5.14 Å². The lowest BCUT2D eigenvalue weighted by atomic mass is 14.0. The van der Waals surface area contributed by atoms with Crippen LogP contribution in [0.3, 0.4) is 0 Å². The van der Waals surface area contributed by atoms with Crippen molar-refractivity contribution in [3.8, 4) is 0 Å². The molecule has 7 heavy (non-hydrogen) atoms. The van der Waals surface area contributed by atoms with E-state index in [4.69, 9.17) is 5.14 Å². The summed E-state index contributed by atoms with van der Waals surface area (Å²) < 4.78 is 0. The number of rotatable bonds is 2. The van der Waals surface area contributed by atoms with Crippen LogP contribution in [0.25, 0.3) is 0 Å². The molecule has 0 amide bonds. The molecule has 0 saturated heterocycles. The van der Waals surface area contributed by atoms with Crippen molar-refractivity contribution in [2.75, 3.05) is 0 Å². The van der Waals surface area contributed by atoms with Gasteiger partial charge in [0.2, 0.25) is 0 Å². The van der Waals surface area contributed by atoms with Crippen LogP contribution in [0.5, 0.6) is 0 Å². The van der Waals surface area contributed by atoms with E-state index in [1.165, 1.54) is 11.6 Å². The maximum absolute atomic E-state index is 5.29. The van der Waals surface area contributed by atoms with Crippen LogP contribution in [0.2, 0.25) is 0 Å². The first-order chi connectivity index (χ1) is 3.18. The van der Waals surface area contributed by atoms with Gasteiger partial charge >= 0.3 is 0 Å². The van der Waals surface area contributed by atoms with Crippen LogP contribution in [-0.4, -0.2) is 0 Å². The average Bonchev–Trinajstić information content (AvgIpc) is 1.65. The topological polar surface area (TPSA) is 26.0 Å². The van der Waals surface area contributed by atoms with Gasteiger partial charge in [0.25, 0.3) is 0 Å². The Morgan fingerprint density at radius 3 is 1.71 bits per heavy atom. The third-order valence-corrected chi connectivity index (χ3v) is 21.4. The first kappa shape index (κ1) is 9.46. The minimum atomic E-state index is -0.0355. The summed E-state index contributed by atoms with van der Waals surface area (Å²) in [5, 5.41) is 5.29. The standard InChI is InChI=1S/H8NP5S/c1-7-6(4)5(2)3/h1-4H2. The Morgan fingerprint density at radius 1 is 1.29 bits per heavy atom. The monoisotopic (exact) mass is 209 g/mol. The SMILES string of the molecule is NSP(P)P(P)P. The van der Waals surface area contributed by atoms with Crippen LogP contribution in [-0.2, 0) is 0 Å². The van der Waals surface area contributed by atoms with Gasteiger partial charge in [0, 0.05) is 6.50 Å². The quantitative estimate of drug-likeness (QED) is 0.558. The van der Waals surface area contributed by atoms with Crippen molar-refractivity contribution < 1.29 is 0 Å². The highest BCUT2D eigenvalue weighted by atomic mass is 33.2. The van der Waals surface area contributed by atoms with Gasteiger partial charge in [-0.3, -0.25) is 5.14 Å². The molecule has 4 atom stereocenters. The molecule has 0 radical (unpaired) electrons. The van der Waals surface area contributed by atoms with Crippen molar-refractivity contribution in [1.82, 2.24) is 0 Å². The van der Waals surface area contributed by atoms with E-state index in [-0.39, 0.29) is 13.5 Å². The van der Waals surface area contributed by atoms with Crippen molar-refractivity contribution in [3.05, 3.63) is 0 Å². The van der Waals surface area contributed by atoms with E-state index < -0.39 is 0 Å². The van der Waals surface area contributed by atoms with E-state index in [9.17, 15) is 0 Å². The summed E-state index contributed by atoms with van der Waals surface area (Å²) in [4.78, 5) is 0. The smallest absolute Gasteiger partial charge is 0.0209 e. The molecule has 0 aromatic carbocycles. The number of hydrogen-bond acceptors (Lipinski definition) is 2. The van der Waals surface area contributed by atoms with E-state index in [1.807, 2.05) is 0 Å². The van der Waals surface area contributed by atoms with Crippen molar-refractivity contribution in [1.29, 1.82) is 0 Å². The van der Waals surface area contributed by atoms with Gasteiger partial charge in [0.05, 0.1) is 0 Å². The molecule has 0 aliphatic carbocycles. The lowest BCUT2D eigenvalue weighted by molar-refractivity contribution is 2.07. The van der Waals surface area contributed by atoms with Gasteiger partial charge in [-0.25, -0.2) is 0 Å². The normalized spacial score (nSPS) is 15.0. The molecule has 7 heteroatoms. The zero-order valence-electron chi connectivity index (χ0n) is 3.61. The molecule has 4 unspecified atom stereocenters. The molecule has 0 saturated carbocycles. The Labute approximate surface area is 57.3 Å². The maximum atomic E-state index is 5.29. The minimum Gasteiger partial charge on any atom is -0.274 e. The van der Waals surface area contributed by atoms with E-state index in [0.717, 1.165) is 0 Å². The highest BCUT2D eigenvalue weighted by Gasteiger charge is 2.02. The predicted molar refractivity (Wildman–Crippen MR) is 54.7 cm³/mol. The summed E-state index contributed by atoms with van der Waals surface area (Å²) in [5.41, 5.74) is 0. The fourth-order valence-corrected chi connectivity index (χ4v) is 4.41. The lowest BCUT2D eigenvalue weighted by Crippen LogP contribution is -1.64. The highest BCUT2D eigenvalue weighted by molar-refractivity contribution is 9.03. The van der Waals surface area contributed by atoms with Gasteiger partial charge in [0.15, 0.2) is 0 Å². The van der Waals surface area contributed by atoms with Crippen LogP contribution in [0.1, 0.15) is 0 Å². The molecule has 44 valence electrons. The Bertz CT molecular complexity index is 45.3. The number of nitrogens with two attached hydrogens (primary N) is 1. The Balaban J connectivity index is 3.14. The van der Waals surface area contributed by atoms with Crippen molar-refractivity contribution in [2.45, 2.75) is 0 Å². The summed E-state index contributed by atoms with van der Waals surface area (Å²) in [5.74, 6) is 0. The summed E-state index contributed by atoms with van der Waals surface area (Å²) in [6.45, 7) is 0.00180. The van der Waals surface area contributed by atoms with Crippen LogP contribution in [0.4, 0.5) is 0 Å². The number of hydrogen-bond donors (Lipinski definition) is 1. The largest absolute Gasteiger partial charge is 0.274 e. The third-order valence-electron chi connectivity index (χ3n) is 0.336. The van der Waals surface area contributed by atoms with E-state index in [2.05, 4.69) is 26.8 Å². The van der Waals surface area contributed by atoms with Gasteiger partial charge in [-0.05, 0) is 18.6 Å². The van der Waals surface area contributed by atoms with Crippen LogP contribution in [0, 0.1) is 0 Å². The van der Waals surface area contributed by atoms with Crippen molar-refractivity contribution >= 4 is 51.8 Å². The molecular weight excluding hydrogens is 201 g/mol. The molecule has 0 fully saturated rings. The van der Waals surface area contributed by atoms with E-state index in [1.54, 1.807) is 0 Å². The van der Waals surface area contributed by atoms with E-state index in [0.29, 0.717) is 0 Å². The zero-order chi connectivity index (χ0) is 5.86. The van der Waals surface area contributed by atoms with Gasteiger partial charge in [-0.15, -0.1) is 17.9 Å². The fraction of sp³-hybridized carbons (Fsp3) is 0. The second kappa shape index (κ2) is 5.26. The second-order valence-corrected chi connectivity index (χ2v) is 19.4. The van der Waals surface area contributed by atoms with Crippen LogP contribution in [0.15, 0.2) is 0 Å². The van der Waals surface area contributed by atoms with Crippen molar-refractivity contribution in [3.63, 3.8) is 0 Å². The molecule has 0 rings (SSSR count). The summed E-state index contributed by atoms with van der Waals surface area (Å²) in [7, 11) is 8.24. The minimum absolute atomic E-state index is 0.0355. The summed E-state index contributed by atoms with van der Waals surface area (Å²) in [6, 6.07) is 0. The molecule has 0 spiro atoms. The molecule has 0 aliphatic heterocycles.